The second kappa shape index (κ2) is 8.82. The molecule has 0 amide bonds. The highest BCUT2D eigenvalue weighted by atomic mass is 16.5. The first-order valence-electron chi connectivity index (χ1n) is 8.06. The van der Waals surface area contributed by atoms with Crippen LogP contribution in [0.25, 0.3) is 0 Å². The Morgan fingerprint density at radius 1 is 1.43 bits per heavy atom. The second-order valence-electron chi connectivity index (χ2n) is 6.30. The Kier molecular flexibility index (Phi) is 6.78. The predicted molar refractivity (Wildman–Crippen MR) is 89.2 cm³/mol. The van der Waals surface area contributed by atoms with Gasteiger partial charge in [0, 0.05) is 39.9 Å². The van der Waals surface area contributed by atoms with E-state index >= 15 is 0 Å². The molecule has 1 aromatic heterocycles. The Morgan fingerprint density at radius 2 is 2.22 bits per heavy atom. The third-order valence-electron chi connectivity index (χ3n) is 4.30. The minimum atomic E-state index is 0.187. The van der Waals surface area contributed by atoms with Gasteiger partial charge in [-0.05, 0) is 37.4 Å². The van der Waals surface area contributed by atoms with Crippen molar-refractivity contribution in [2.45, 2.75) is 6.42 Å². The lowest BCUT2D eigenvalue weighted by molar-refractivity contribution is 0.133. The maximum atomic E-state index is 9.62. The Balaban J connectivity index is 2.04. The number of nitrogens with zero attached hydrogens (tertiary/aromatic N) is 4. The number of aliphatic hydroxyl groups is 1. The molecular formula is C17H26N4O2. The molecule has 23 heavy (non-hydrogen) atoms. The summed E-state index contributed by atoms with van der Waals surface area (Å²) in [5, 5.41) is 18.6. The van der Waals surface area contributed by atoms with Gasteiger partial charge in [0.25, 0.3) is 0 Å². The monoisotopic (exact) mass is 318 g/mol. The van der Waals surface area contributed by atoms with Crippen LogP contribution in [-0.4, -0.2) is 68.5 Å². The van der Waals surface area contributed by atoms with Gasteiger partial charge < -0.3 is 19.6 Å². The quantitative estimate of drug-likeness (QED) is 0.807. The maximum absolute atomic E-state index is 9.62. The normalized spacial score (nSPS) is 21.4. The van der Waals surface area contributed by atoms with Gasteiger partial charge in [0.05, 0.1) is 6.61 Å². The molecule has 0 saturated carbocycles. The molecule has 126 valence electrons. The number of methoxy groups -OCH3 is 1. The van der Waals surface area contributed by atoms with E-state index in [2.05, 4.69) is 27.9 Å². The summed E-state index contributed by atoms with van der Waals surface area (Å²) < 4.78 is 5.13. The zero-order valence-electron chi connectivity index (χ0n) is 14.0. The van der Waals surface area contributed by atoms with Crippen LogP contribution in [0.1, 0.15) is 12.1 Å². The van der Waals surface area contributed by atoms with E-state index in [0.717, 1.165) is 45.0 Å². The van der Waals surface area contributed by atoms with Crippen LogP contribution >= 0.6 is 0 Å². The number of piperidine rings is 1. The van der Waals surface area contributed by atoms with Gasteiger partial charge >= 0.3 is 0 Å². The minimum absolute atomic E-state index is 0.187. The highest BCUT2D eigenvalue weighted by molar-refractivity contribution is 5.42. The van der Waals surface area contributed by atoms with Gasteiger partial charge in [0.1, 0.15) is 17.6 Å². The standard InChI is InChI=1S/C17H26N4O2/c1-20(6-7-23-2)10-14-8-15(13-22)12-21(11-14)17-5-3-4-16(9-18)19-17/h3-5,14-15,22H,6-8,10-13H2,1-2H3/t14-,15+/m0/s1. The van der Waals surface area contributed by atoms with E-state index in [4.69, 9.17) is 10.00 Å². The van der Waals surface area contributed by atoms with Gasteiger partial charge in [0.15, 0.2) is 0 Å². The summed E-state index contributed by atoms with van der Waals surface area (Å²) in [6, 6.07) is 7.61. The van der Waals surface area contributed by atoms with Crippen molar-refractivity contribution in [3.05, 3.63) is 23.9 Å². The van der Waals surface area contributed by atoms with Crippen molar-refractivity contribution >= 4 is 5.82 Å². The van der Waals surface area contributed by atoms with Crippen LogP contribution in [0.4, 0.5) is 5.82 Å². The summed E-state index contributed by atoms with van der Waals surface area (Å²) in [5.41, 5.74) is 0.433. The molecule has 2 heterocycles. The van der Waals surface area contributed by atoms with Gasteiger partial charge in [-0.3, -0.25) is 0 Å². The second-order valence-corrected chi connectivity index (χ2v) is 6.30. The van der Waals surface area contributed by atoms with Gasteiger partial charge in [-0.25, -0.2) is 4.98 Å². The SMILES string of the molecule is COCCN(C)C[C@@H]1C[C@@H](CO)CN(c2cccc(C#N)n2)C1. The van der Waals surface area contributed by atoms with Crippen molar-refractivity contribution < 1.29 is 9.84 Å². The van der Waals surface area contributed by atoms with Crippen LogP contribution in [-0.2, 0) is 4.74 Å². The molecular weight excluding hydrogens is 292 g/mol. The fourth-order valence-corrected chi connectivity index (χ4v) is 3.21. The minimum Gasteiger partial charge on any atom is -0.396 e. The number of likely N-dealkylation sites (N-methyl/N-ethyl adjacent to an activating group) is 1. The molecule has 1 aliphatic heterocycles. The van der Waals surface area contributed by atoms with Gasteiger partial charge in [-0.2, -0.15) is 5.26 Å². The zero-order valence-corrected chi connectivity index (χ0v) is 14.0. The third-order valence-corrected chi connectivity index (χ3v) is 4.30. The van der Waals surface area contributed by atoms with E-state index in [1.807, 2.05) is 12.1 Å². The van der Waals surface area contributed by atoms with E-state index in [1.165, 1.54) is 0 Å². The fourth-order valence-electron chi connectivity index (χ4n) is 3.21. The Morgan fingerprint density at radius 3 is 2.91 bits per heavy atom. The van der Waals surface area contributed by atoms with Crippen molar-refractivity contribution in [1.82, 2.24) is 9.88 Å². The average molecular weight is 318 g/mol. The number of ether oxygens (including phenoxy) is 1. The largest absolute Gasteiger partial charge is 0.396 e. The molecule has 0 aromatic carbocycles. The molecule has 1 aliphatic rings. The van der Waals surface area contributed by atoms with E-state index in [-0.39, 0.29) is 12.5 Å². The van der Waals surface area contributed by atoms with E-state index in [0.29, 0.717) is 11.6 Å². The Hall–Kier alpha value is -1.68. The van der Waals surface area contributed by atoms with E-state index in [9.17, 15) is 5.11 Å². The number of nitriles is 1. The van der Waals surface area contributed by atoms with Gasteiger partial charge in [0.2, 0.25) is 0 Å². The molecule has 0 aliphatic carbocycles. The Bertz CT molecular complexity index is 532. The summed E-state index contributed by atoms with van der Waals surface area (Å²) in [7, 11) is 3.81. The summed E-state index contributed by atoms with van der Waals surface area (Å²) >= 11 is 0. The lowest BCUT2D eigenvalue weighted by Crippen LogP contribution is -2.45. The highest BCUT2D eigenvalue weighted by Crippen LogP contribution is 2.26. The number of aliphatic hydroxyl groups excluding tert-OH is 1. The van der Waals surface area contributed by atoms with Crippen molar-refractivity contribution in [3.8, 4) is 6.07 Å². The van der Waals surface area contributed by atoms with Crippen LogP contribution in [0, 0.1) is 23.2 Å². The number of hydrogen-bond donors (Lipinski definition) is 1. The molecule has 1 aromatic rings. The molecule has 6 nitrogen and oxygen atoms in total. The highest BCUT2D eigenvalue weighted by Gasteiger charge is 2.28. The number of rotatable bonds is 7. The topological polar surface area (TPSA) is 72.6 Å². The molecule has 0 bridgehead atoms. The van der Waals surface area contributed by atoms with Crippen LogP contribution < -0.4 is 4.90 Å². The molecule has 2 rings (SSSR count). The molecule has 0 unspecified atom stereocenters. The molecule has 0 radical (unpaired) electrons. The van der Waals surface area contributed by atoms with Gasteiger partial charge in [-0.15, -0.1) is 0 Å². The summed E-state index contributed by atoms with van der Waals surface area (Å²) in [6.45, 7) is 4.47. The number of hydrogen-bond acceptors (Lipinski definition) is 6. The number of aromatic nitrogens is 1. The van der Waals surface area contributed by atoms with Crippen molar-refractivity contribution in [3.63, 3.8) is 0 Å². The fraction of sp³-hybridized carbons (Fsp3) is 0.647. The van der Waals surface area contributed by atoms with E-state index < -0.39 is 0 Å². The average Bonchev–Trinajstić information content (AvgIpc) is 2.59. The molecule has 1 fully saturated rings. The first-order chi connectivity index (χ1) is 11.2. The number of pyridine rings is 1. The lowest BCUT2D eigenvalue weighted by atomic mass is 9.89. The smallest absolute Gasteiger partial charge is 0.142 e. The molecule has 1 saturated heterocycles. The summed E-state index contributed by atoms with van der Waals surface area (Å²) in [4.78, 5) is 8.86. The molecule has 2 atom stereocenters. The van der Waals surface area contributed by atoms with E-state index in [1.54, 1.807) is 13.2 Å². The first-order valence-corrected chi connectivity index (χ1v) is 8.06. The van der Waals surface area contributed by atoms with Gasteiger partial charge in [-0.1, -0.05) is 6.07 Å². The van der Waals surface area contributed by atoms with Crippen molar-refractivity contribution in [2.24, 2.45) is 11.8 Å². The molecule has 6 heteroatoms. The van der Waals surface area contributed by atoms with Crippen molar-refractivity contribution in [1.29, 1.82) is 5.26 Å². The Labute approximate surface area is 138 Å². The molecule has 1 N–H and O–H groups in total. The van der Waals surface area contributed by atoms with Crippen molar-refractivity contribution in [2.75, 3.05) is 58.5 Å². The summed E-state index contributed by atoms with van der Waals surface area (Å²) in [5.74, 6) is 1.54. The lowest BCUT2D eigenvalue weighted by Gasteiger charge is -2.39. The molecule has 0 spiro atoms. The maximum Gasteiger partial charge on any atom is 0.142 e. The van der Waals surface area contributed by atoms with Crippen LogP contribution in [0.2, 0.25) is 0 Å². The number of anilines is 1. The first kappa shape index (κ1) is 17.7. The zero-order chi connectivity index (χ0) is 16.7. The predicted octanol–water partition coefficient (Wildman–Crippen LogP) is 0.966. The third kappa shape index (κ3) is 5.17. The van der Waals surface area contributed by atoms with Crippen LogP contribution in [0.3, 0.4) is 0 Å². The van der Waals surface area contributed by atoms with Crippen LogP contribution in [0.5, 0.6) is 0 Å². The van der Waals surface area contributed by atoms with Crippen LogP contribution in [0.15, 0.2) is 18.2 Å². The summed E-state index contributed by atoms with van der Waals surface area (Å²) in [6.07, 6.45) is 1.02.